The summed E-state index contributed by atoms with van der Waals surface area (Å²) in [6.45, 7) is 2.76. The molecule has 2 aliphatic rings. The van der Waals surface area contributed by atoms with Crippen LogP contribution in [-0.2, 0) is 22.7 Å². The number of hydrogen-bond acceptors (Lipinski definition) is 7. The molecule has 1 saturated heterocycles. The predicted octanol–water partition coefficient (Wildman–Crippen LogP) is 5.35. The minimum Gasteiger partial charge on any atom is -0.483 e. The van der Waals surface area contributed by atoms with E-state index in [1.165, 1.54) is 4.57 Å². The SMILES string of the molecule is CCOC(=O)CC[C@@]1(N=[N+]=[N-])CC[C@H](C)N2C[C@H]1n1cc(C(=O)NCc3c(F)cc(F)cc3F)c(=O)c(OCc3ccccc3)c1C2=O. The average Bonchev–Trinajstić information content (AvgIpc) is 3.17. The molecule has 2 bridgehead atoms. The number of benzene rings is 2. The van der Waals surface area contributed by atoms with E-state index in [9.17, 15) is 37.9 Å². The van der Waals surface area contributed by atoms with Crippen molar-refractivity contribution in [1.82, 2.24) is 14.8 Å². The number of amides is 2. The molecule has 0 saturated carbocycles. The summed E-state index contributed by atoms with van der Waals surface area (Å²) in [5.41, 5.74) is 6.78. The van der Waals surface area contributed by atoms with Gasteiger partial charge in [0.1, 0.15) is 29.6 Å². The highest BCUT2D eigenvalue weighted by molar-refractivity contribution is 5.99. The van der Waals surface area contributed by atoms with Crippen LogP contribution in [0.25, 0.3) is 10.4 Å². The fourth-order valence-electron chi connectivity index (χ4n) is 6.28. The van der Waals surface area contributed by atoms with Gasteiger partial charge in [0.05, 0.1) is 18.2 Å². The number of ether oxygens (including phenoxy) is 2. The summed E-state index contributed by atoms with van der Waals surface area (Å²) in [5, 5.41) is 6.49. The first-order chi connectivity index (χ1) is 23.0. The van der Waals surface area contributed by atoms with Crippen molar-refractivity contribution in [3.8, 4) is 5.75 Å². The van der Waals surface area contributed by atoms with Crippen LogP contribution in [0.3, 0.4) is 0 Å². The number of esters is 1. The maximum Gasteiger partial charge on any atom is 0.305 e. The van der Waals surface area contributed by atoms with Gasteiger partial charge < -0.3 is 24.3 Å². The van der Waals surface area contributed by atoms with Crippen LogP contribution in [0.4, 0.5) is 13.2 Å². The molecule has 0 spiro atoms. The summed E-state index contributed by atoms with van der Waals surface area (Å²) in [4.78, 5) is 58.7. The van der Waals surface area contributed by atoms with E-state index < -0.39 is 75.7 Å². The first-order valence-electron chi connectivity index (χ1n) is 15.4. The molecule has 0 aliphatic carbocycles. The van der Waals surface area contributed by atoms with E-state index in [0.29, 0.717) is 24.1 Å². The van der Waals surface area contributed by atoms with Crippen molar-refractivity contribution in [3.05, 3.63) is 109 Å². The second-order valence-corrected chi connectivity index (χ2v) is 11.7. The average molecular weight is 667 g/mol. The molecule has 2 aromatic carbocycles. The minimum absolute atomic E-state index is 0.0168. The summed E-state index contributed by atoms with van der Waals surface area (Å²) in [7, 11) is 0. The number of fused-ring (bicyclic) bond motifs is 4. The minimum atomic E-state index is -1.31. The van der Waals surface area contributed by atoms with Gasteiger partial charge in [-0.3, -0.25) is 19.2 Å². The standard InChI is InChI=1S/C33H33F3N6O6/c1-3-47-27(43)10-12-33(39-40-37)11-9-19(2)41-17-26(33)42-16-23(31(45)38-15-22-24(35)13-21(34)14-25(22)36)29(44)30(28(42)32(41)46)48-18-20-7-5-4-6-8-20/h4-8,13-14,16,19,26H,3,9-12,15,17-18H2,1-2H3,(H,38,45)/t19-,26+,33-/m0/s1. The maximum atomic E-state index is 14.4. The number of carbonyl (C=O) groups excluding carboxylic acids is 3. The van der Waals surface area contributed by atoms with Crippen LogP contribution in [0.1, 0.15) is 77.5 Å². The molecule has 1 aromatic heterocycles. The van der Waals surface area contributed by atoms with Crippen LogP contribution in [0.5, 0.6) is 5.75 Å². The van der Waals surface area contributed by atoms with Gasteiger partial charge in [-0.05, 0) is 44.2 Å². The first-order valence-corrected chi connectivity index (χ1v) is 15.4. The molecule has 5 rings (SSSR count). The highest BCUT2D eigenvalue weighted by Gasteiger charge is 2.50. The lowest BCUT2D eigenvalue weighted by Gasteiger charge is -2.43. The van der Waals surface area contributed by atoms with Crippen molar-refractivity contribution in [2.24, 2.45) is 5.11 Å². The Morgan fingerprint density at radius 3 is 2.52 bits per heavy atom. The Bertz CT molecular complexity index is 1820. The monoisotopic (exact) mass is 666 g/mol. The number of nitrogens with one attached hydrogen (secondary N) is 1. The van der Waals surface area contributed by atoms with Crippen LogP contribution >= 0.6 is 0 Å². The van der Waals surface area contributed by atoms with Crippen LogP contribution < -0.4 is 15.5 Å². The molecule has 2 aliphatic heterocycles. The maximum absolute atomic E-state index is 14.4. The van der Waals surface area contributed by atoms with Gasteiger partial charge in [-0.15, -0.1) is 0 Å². The quantitative estimate of drug-likeness (QED) is 0.126. The van der Waals surface area contributed by atoms with Crippen LogP contribution in [0.2, 0.25) is 0 Å². The molecule has 0 radical (unpaired) electrons. The van der Waals surface area contributed by atoms with E-state index in [1.807, 2.05) is 6.92 Å². The zero-order chi connectivity index (χ0) is 34.6. The van der Waals surface area contributed by atoms with Crippen molar-refractivity contribution >= 4 is 17.8 Å². The van der Waals surface area contributed by atoms with Crippen molar-refractivity contribution in [2.45, 2.75) is 70.3 Å². The number of nitrogens with zero attached hydrogens (tertiary/aromatic N) is 5. The Morgan fingerprint density at radius 1 is 1.15 bits per heavy atom. The zero-order valence-electron chi connectivity index (χ0n) is 26.2. The molecule has 48 heavy (non-hydrogen) atoms. The molecule has 3 heterocycles. The molecular weight excluding hydrogens is 633 g/mol. The van der Waals surface area contributed by atoms with Gasteiger partial charge in [0.15, 0.2) is 11.4 Å². The molecule has 15 heteroatoms. The second kappa shape index (κ2) is 14.2. The number of rotatable bonds is 11. The van der Waals surface area contributed by atoms with Crippen LogP contribution in [0, 0.1) is 17.5 Å². The third-order valence-corrected chi connectivity index (χ3v) is 8.82. The van der Waals surface area contributed by atoms with Crippen molar-refractivity contribution in [2.75, 3.05) is 13.2 Å². The molecule has 1 N–H and O–H groups in total. The molecule has 0 unspecified atom stereocenters. The zero-order valence-corrected chi connectivity index (χ0v) is 26.2. The van der Waals surface area contributed by atoms with Gasteiger partial charge in [0.2, 0.25) is 5.43 Å². The Kier molecular flexibility index (Phi) is 10.1. The van der Waals surface area contributed by atoms with Crippen LogP contribution in [0.15, 0.2) is 58.6 Å². The van der Waals surface area contributed by atoms with E-state index in [0.717, 1.165) is 6.20 Å². The molecule has 3 aromatic rings. The molecule has 3 atom stereocenters. The van der Waals surface area contributed by atoms with Gasteiger partial charge in [-0.2, -0.15) is 0 Å². The molecule has 12 nitrogen and oxygen atoms in total. The number of pyridine rings is 1. The summed E-state index contributed by atoms with van der Waals surface area (Å²) >= 11 is 0. The van der Waals surface area contributed by atoms with Gasteiger partial charge in [-0.25, -0.2) is 13.2 Å². The summed E-state index contributed by atoms with van der Waals surface area (Å²) < 4.78 is 54.6. The third kappa shape index (κ3) is 6.72. The van der Waals surface area contributed by atoms with Crippen LogP contribution in [-0.4, -0.2) is 52.0 Å². The lowest BCUT2D eigenvalue weighted by atomic mass is 9.81. The molecule has 252 valence electrons. The van der Waals surface area contributed by atoms with Gasteiger partial charge in [0.25, 0.3) is 11.8 Å². The van der Waals surface area contributed by atoms with E-state index in [2.05, 4.69) is 15.3 Å². The normalized spacial score (nSPS) is 19.9. The number of hydrogen-bond donors (Lipinski definition) is 1. The number of aromatic nitrogens is 1. The topological polar surface area (TPSA) is 156 Å². The van der Waals surface area contributed by atoms with Gasteiger partial charge in [-0.1, -0.05) is 35.4 Å². The highest BCUT2D eigenvalue weighted by atomic mass is 19.1. The smallest absolute Gasteiger partial charge is 0.305 e. The Morgan fingerprint density at radius 2 is 1.85 bits per heavy atom. The van der Waals surface area contributed by atoms with E-state index in [-0.39, 0.29) is 50.8 Å². The molecular formula is C33H33F3N6O6. The predicted molar refractivity (Wildman–Crippen MR) is 165 cm³/mol. The number of carbonyl (C=O) groups is 3. The lowest BCUT2D eigenvalue weighted by Crippen LogP contribution is -2.52. The Labute approximate surface area is 273 Å². The fourth-order valence-corrected chi connectivity index (χ4v) is 6.28. The van der Waals surface area contributed by atoms with Crippen molar-refractivity contribution in [1.29, 1.82) is 0 Å². The lowest BCUT2D eigenvalue weighted by molar-refractivity contribution is -0.143. The number of halogens is 3. The largest absolute Gasteiger partial charge is 0.483 e. The van der Waals surface area contributed by atoms with E-state index in [1.54, 1.807) is 42.2 Å². The third-order valence-electron chi connectivity index (χ3n) is 8.82. The Hall–Kier alpha value is -5.30. The first kappa shape index (κ1) is 34.0. The second-order valence-electron chi connectivity index (χ2n) is 11.7. The highest BCUT2D eigenvalue weighted by Crippen LogP contribution is 2.45. The van der Waals surface area contributed by atoms with Gasteiger partial charge >= 0.3 is 5.97 Å². The molecule has 2 amide bonds. The van der Waals surface area contributed by atoms with Gasteiger partial charge in [0, 0.05) is 54.4 Å². The fraction of sp³-hybridized carbons (Fsp3) is 0.394. The number of azide groups is 1. The van der Waals surface area contributed by atoms with Crippen molar-refractivity contribution < 1.29 is 37.0 Å². The van der Waals surface area contributed by atoms with E-state index in [4.69, 9.17) is 9.47 Å². The van der Waals surface area contributed by atoms with Crippen molar-refractivity contribution in [3.63, 3.8) is 0 Å². The summed E-state index contributed by atoms with van der Waals surface area (Å²) in [5.74, 6) is -6.18. The van der Waals surface area contributed by atoms with E-state index >= 15 is 0 Å². The molecule has 1 fully saturated rings. The summed E-state index contributed by atoms with van der Waals surface area (Å²) in [6, 6.07) is 8.47. The Balaban J connectivity index is 1.65. The summed E-state index contributed by atoms with van der Waals surface area (Å²) in [6.07, 6.45) is 1.71.